The van der Waals surface area contributed by atoms with E-state index in [0.29, 0.717) is 19.8 Å². The monoisotopic (exact) mass is 379 g/mol. The molecule has 0 spiro atoms. The van der Waals surface area contributed by atoms with Crippen LogP contribution in [0.1, 0.15) is 17.0 Å². The minimum absolute atomic E-state index is 0.125. The third-order valence-corrected chi connectivity index (χ3v) is 4.54. The van der Waals surface area contributed by atoms with Gasteiger partial charge in [-0.25, -0.2) is 0 Å². The average Bonchev–Trinajstić information content (AvgIpc) is 2.73. The molecule has 0 fully saturated rings. The smallest absolute Gasteiger partial charge is 0.233 e. The van der Waals surface area contributed by atoms with E-state index in [2.05, 4.69) is 10.3 Å². The molecule has 0 radical (unpaired) electrons. The summed E-state index contributed by atoms with van der Waals surface area (Å²) in [6.45, 7) is 1.86. The average molecular weight is 379 g/mol. The highest BCUT2D eigenvalue weighted by Crippen LogP contribution is 2.21. The molecule has 1 heterocycles. The first-order valence-corrected chi connectivity index (χ1v) is 9.21. The van der Waals surface area contributed by atoms with Crippen molar-refractivity contribution in [3.05, 3.63) is 72.1 Å². The largest absolute Gasteiger partial charge is 0.382 e. The Morgan fingerprint density at radius 1 is 1.11 bits per heavy atom. The molecule has 0 saturated carbocycles. The van der Waals surface area contributed by atoms with Crippen LogP contribution in [-0.2, 0) is 20.9 Å². The summed E-state index contributed by atoms with van der Waals surface area (Å²) in [5, 5.41) is 5.02. The molecule has 0 aliphatic rings. The van der Waals surface area contributed by atoms with E-state index in [0.717, 1.165) is 27.6 Å². The minimum atomic E-state index is -0.420. The molecule has 0 bridgehead atoms. The Labute approximate surface area is 164 Å². The van der Waals surface area contributed by atoms with Gasteiger partial charge in [-0.3, -0.25) is 9.78 Å². The number of carbonyl (C=O) groups excluding carboxylic acids is 1. The number of ether oxygens (including phenoxy) is 2. The Balaban J connectivity index is 1.65. The molecule has 0 saturated heterocycles. The fraction of sp³-hybridized carbons (Fsp3) is 0.273. The Morgan fingerprint density at radius 3 is 2.68 bits per heavy atom. The highest BCUT2D eigenvalue weighted by atomic mass is 16.5. The summed E-state index contributed by atoms with van der Waals surface area (Å²) in [5.41, 5.74) is 8.56. The van der Waals surface area contributed by atoms with Crippen LogP contribution in [-0.4, -0.2) is 37.8 Å². The van der Waals surface area contributed by atoms with Gasteiger partial charge in [0.1, 0.15) is 0 Å². The molecule has 3 N–H and O–H groups in total. The number of nitrogens with one attached hydrogen (secondary N) is 1. The van der Waals surface area contributed by atoms with Gasteiger partial charge in [-0.15, -0.1) is 0 Å². The molecule has 0 aliphatic heterocycles. The third-order valence-electron chi connectivity index (χ3n) is 4.54. The number of hydrogen-bond donors (Lipinski definition) is 2. The minimum Gasteiger partial charge on any atom is -0.382 e. The van der Waals surface area contributed by atoms with Crippen LogP contribution < -0.4 is 11.1 Å². The number of hydrogen-bond acceptors (Lipinski definition) is 5. The zero-order chi connectivity index (χ0) is 19.8. The van der Waals surface area contributed by atoms with E-state index >= 15 is 0 Å². The molecule has 1 amide bonds. The van der Waals surface area contributed by atoms with Crippen molar-refractivity contribution in [1.29, 1.82) is 0 Å². The number of fused-ring (bicyclic) bond motifs is 1. The third kappa shape index (κ3) is 5.13. The van der Waals surface area contributed by atoms with E-state index in [1.54, 1.807) is 19.5 Å². The van der Waals surface area contributed by atoms with Crippen molar-refractivity contribution >= 4 is 22.4 Å². The number of rotatable bonds is 9. The Bertz CT molecular complexity index is 912. The molecule has 146 valence electrons. The summed E-state index contributed by atoms with van der Waals surface area (Å²) in [6, 6.07) is 15.4. The SMILES string of the molecule is COCCOCc1ccc(C(CN)C(=O)Nc2ccc3cnccc3c2)cc1. The quantitative estimate of drug-likeness (QED) is 0.558. The van der Waals surface area contributed by atoms with Crippen LogP contribution in [0, 0.1) is 0 Å². The van der Waals surface area contributed by atoms with Crippen LogP contribution >= 0.6 is 0 Å². The summed E-state index contributed by atoms with van der Waals surface area (Å²) in [7, 11) is 1.64. The first-order chi connectivity index (χ1) is 13.7. The number of benzene rings is 2. The maximum atomic E-state index is 12.8. The predicted octanol–water partition coefficient (Wildman–Crippen LogP) is 3.08. The molecular weight excluding hydrogens is 354 g/mol. The van der Waals surface area contributed by atoms with Crippen LogP contribution in [0.4, 0.5) is 5.69 Å². The van der Waals surface area contributed by atoms with E-state index < -0.39 is 5.92 Å². The van der Waals surface area contributed by atoms with E-state index in [1.807, 2.05) is 48.5 Å². The summed E-state index contributed by atoms with van der Waals surface area (Å²) in [5.74, 6) is -0.545. The van der Waals surface area contributed by atoms with Crippen LogP contribution in [0.5, 0.6) is 0 Å². The lowest BCUT2D eigenvalue weighted by Crippen LogP contribution is -2.27. The van der Waals surface area contributed by atoms with Gasteiger partial charge in [-0.05, 0) is 34.7 Å². The zero-order valence-electron chi connectivity index (χ0n) is 15.9. The molecule has 3 aromatic rings. The number of pyridine rings is 1. The van der Waals surface area contributed by atoms with Crippen LogP contribution in [0.15, 0.2) is 60.9 Å². The highest BCUT2D eigenvalue weighted by Gasteiger charge is 2.19. The standard InChI is InChI=1S/C22H25N3O3/c1-27-10-11-28-15-16-2-4-17(5-3-16)21(13-23)22(26)25-20-7-6-19-14-24-9-8-18(19)12-20/h2-9,12,14,21H,10-11,13,15,23H2,1H3,(H,25,26). The van der Waals surface area contributed by atoms with Crippen molar-refractivity contribution in [1.82, 2.24) is 4.98 Å². The summed E-state index contributed by atoms with van der Waals surface area (Å²) < 4.78 is 10.5. The van der Waals surface area contributed by atoms with Crippen molar-refractivity contribution in [2.24, 2.45) is 5.73 Å². The van der Waals surface area contributed by atoms with Crippen molar-refractivity contribution in [3.8, 4) is 0 Å². The molecule has 1 aromatic heterocycles. The molecule has 6 heteroatoms. The van der Waals surface area contributed by atoms with Crippen LogP contribution in [0.25, 0.3) is 10.8 Å². The molecule has 1 unspecified atom stereocenters. The Hall–Kier alpha value is -2.80. The maximum Gasteiger partial charge on any atom is 0.233 e. The Kier molecular flexibility index (Phi) is 7.08. The van der Waals surface area contributed by atoms with Gasteiger partial charge >= 0.3 is 0 Å². The topological polar surface area (TPSA) is 86.5 Å². The van der Waals surface area contributed by atoms with Crippen molar-refractivity contribution in [2.45, 2.75) is 12.5 Å². The highest BCUT2D eigenvalue weighted by molar-refractivity contribution is 5.98. The first kappa shape index (κ1) is 19.9. The lowest BCUT2D eigenvalue weighted by Gasteiger charge is -2.16. The van der Waals surface area contributed by atoms with Gasteiger partial charge in [0.05, 0.1) is 25.7 Å². The molecule has 6 nitrogen and oxygen atoms in total. The second kappa shape index (κ2) is 9.94. The molecule has 2 aromatic carbocycles. The van der Waals surface area contributed by atoms with Gasteiger partial charge in [-0.1, -0.05) is 30.3 Å². The Morgan fingerprint density at radius 2 is 1.93 bits per heavy atom. The van der Waals surface area contributed by atoms with Gasteiger partial charge in [-0.2, -0.15) is 0 Å². The second-order valence-corrected chi connectivity index (χ2v) is 6.50. The van der Waals surface area contributed by atoms with Gasteiger partial charge < -0.3 is 20.5 Å². The number of carbonyl (C=O) groups is 1. The van der Waals surface area contributed by atoms with E-state index in [4.69, 9.17) is 15.2 Å². The number of amides is 1. The molecule has 3 rings (SSSR count). The summed E-state index contributed by atoms with van der Waals surface area (Å²) in [4.78, 5) is 16.9. The summed E-state index contributed by atoms with van der Waals surface area (Å²) >= 11 is 0. The molecule has 0 aliphatic carbocycles. The van der Waals surface area contributed by atoms with Crippen LogP contribution in [0.2, 0.25) is 0 Å². The van der Waals surface area contributed by atoms with Crippen molar-refractivity contribution in [2.75, 3.05) is 32.2 Å². The number of aromatic nitrogens is 1. The van der Waals surface area contributed by atoms with E-state index in [9.17, 15) is 4.79 Å². The number of nitrogens with zero attached hydrogens (tertiary/aromatic N) is 1. The lowest BCUT2D eigenvalue weighted by molar-refractivity contribution is -0.117. The zero-order valence-corrected chi connectivity index (χ0v) is 15.9. The second-order valence-electron chi connectivity index (χ2n) is 6.50. The van der Waals surface area contributed by atoms with Gasteiger partial charge in [0, 0.05) is 37.1 Å². The van der Waals surface area contributed by atoms with Gasteiger partial charge in [0.15, 0.2) is 0 Å². The van der Waals surface area contributed by atoms with Gasteiger partial charge in [0.25, 0.3) is 0 Å². The molecule has 1 atom stereocenters. The van der Waals surface area contributed by atoms with E-state index in [-0.39, 0.29) is 12.5 Å². The number of nitrogens with two attached hydrogens (primary N) is 1. The number of anilines is 1. The lowest BCUT2D eigenvalue weighted by atomic mass is 9.97. The first-order valence-electron chi connectivity index (χ1n) is 9.21. The summed E-state index contributed by atoms with van der Waals surface area (Å²) in [6.07, 6.45) is 3.53. The molecule has 28 heavy (non-hydrogen) atoms. The van der Waals surface area contributed by atoms with E-state index in [1.165, 1.54) is 0 Å². The molecular formula is C22H25N3O3. The van der Waals surface area contributed by atoms with Crippen molar-refractivity contribution < 1.29 is 14.3 Å². The fourth-order valence-electron chi connectivity index (χ4n) is 2.96. The normalized spacial score (nSPS) is 12.1. The predicted molar refractivity (Wildman–Crippen MR) is 110 cm³/mol. The maximum absolute atomic E-state index is 12.8. The fourth-order valence-corrected chi connectivity index (χ4v) is 2.96. The number of methoxy groups -OCH3 is 1. The van der Waals surface area contributed by atoms with Crippen molar-refractivity contribution in [3.63, 3.8) is 0 Å². The van der Waals surface area contributed by atoms with Gasteiger partial charge in [0.2, 0.25) is 5.91 Å². The van der Waals surface area contributed by atoms with Crippen LogP contribution in [0.3, 0.4) is 0 Å².